The second-order valence-corrected chi connectivity index (χ2v) is 8.81. The van der Waals surface area contributed by atoms with E-state index in [-0.39, 0.29) is 40.9 Å². The number of aromatic nitrogens is 2. The maximum atomic E-state index is 14.3. The maximum absolute atomic E-state index is 14.3. The maximum Gasteiger partial charge on any atom is 0.265 e. The summed E-state index contributed by atoms with van der Waals surface area (Å²) in [6, 6.07) is 2.28. The van der Waals surface area contributed by atoms with Crippen LogP contribution >= 0.6 is 47.9 Å². The van der Waals surface area contributed by atoms with Gasteiger partial charge in [-0.05, 0) is 38.4 Å². The van der Waals surface area contributed by atoms with E-state index in [4.69, 9.17) is 17.3 Å². The van der Waals surface area contributed by atoms with Gasteiger partial charge in [0.1, 0.15) is 15.7 Å². The molecule has 0 bridgehead atoms. The largest absolute Gasteiger partial charge is 0.384 e. The van der Waals surface area contributed by atoms with Crippen molar-refractivity contribution in [2.75, 3.05) is 29.7 Å². The summed E-state index contributed by atoms with van der Waals surface area (Å²) in [7, 11) is -4.12. The highest BCUT2D eigenvalue weighted by Crippen LogP contribution is 2.29. The first-order valence-electron chi connectivity index (χ1n) is 8.29. The van der Waals surface area contributed by atoms with E-state index < -0.39 is 20.7 Å². The Morgan fingerprint density at radius 3 is 2.59 bits per heavy atom. The van der Waals surface area contributed by atoms with E-state index in [1.165, 1.54) is 6.20 Å². The number of nitrogens with zero attached hydrogens (tertiary/aromatic N) is 2. The van der Waals surface area contributed by atoms with Crippen molar-refractivity contribution in [2.24, 2.45) is 5.73 Å². The summed E-state index contributed by atoms with van der Waals surface area (Å²) in [5, 5.41) is 10.1. The minimum Gasteiger partial charge on any atom is -0.384 e. The van der Waals surface area contributed by atoms with Crippen LogP contribution in [0.5, 0.6) is 0 Å². The van der Waals surface area contributed by atoms with E-state index in [9.17, 15) is 12.8 Å². The highest BCUT2D eigenvalue weighted by Gasteiger charge is 2.22. The second-order valence-electron chi connectivity index (χ2n) is 5.97. The molecule has 0 aliphatic carbocycles. The number of hydrogen-bond acceptors (Lipinski definition) is 8. The fourth-order valence-electron chi connectivity index (χ4n) is 2.20. The highest BCUT2D eigenvalue weighted by molar-refractivity contribution is 7.93. The number of nitrogens with two attached hydrogens (primary N) is 1. The van der Waals surface area contributed by atoms with Crippen molar-refractivity contribution in [3.05, 3.63) is 29.2 Å². The summed E-state index contributed by atoms with van der Waals surface area (Å²) in [5.41, 5.74) is 5.99. The van der Waals surface area contributed by atoms with E-state index >= 15 is 0 Å². The third-order valence-electron chi connectivity index (χ3n) is 3.47. The molecule has 5 N–H and O–H groups in total. The molecule has 2 aromatic rings. The van der Waals surface area contributed by atoms with Crippen molar-refractivity contribution in [1.82, 2.24) is 14.9 Å². The van der Waals surface area contributed by atoms with Crippen LogP contribution in [0.15, 0.2) is 23.2 Å². The van der Waals surface area contributed by atoms with Gasteiger partial charge in [-0.15, -0.1) is 29.9 Å². The van der Waals surface area contributed by atoms with Gasteiger partial charge in [0, 0.05) is 30.7 Å². The number of benzene rings is 1. The summed E-state index contributed by atoms with van der Waals surface area (Å²) in [4.78, 5) is -0.536. The van der Waals surface area contributed by atoms with Gasteiger partial charge in [0.05, 0.1) is 16.9 Å². The molecule has 29 heavy (non-hydrogen) atoms. The molecule has 0 spiro atoms. The number of nitrogens with one attached hydrogen (secondary N) is 3. The molecule has 8 nitrogen and oxygen atoms in total. The van der Waals surface area contributed by atoms with Crippen LogP contribution in [-0.2, 0) is 10.0 Å². The van der Waals surface area contributed by atoms with Crippen LogP contribution < -0.4 is 21.1 Å². The molecule has 0 radical (unpaired) electrons. The molecule has 0 amide bonds. The third kappa shape index (κ3) is 9.16. The molecule has 0 fully saturated rings. The van der Waals surface area contributed by atoms with Crippen molar-refractivity contribution in [3.63, 3.8) is 0 Å². The molecule has 1 unspecified atom stereocenters. The Morgan fingerprint density at radius 1 is 1.28 bits per heavy atom. The van der Waals surface area contributed by atoms with Crippen LogP contribution in [0, 0.1) is 5.82 Å². The monoisotopic (exact) mass is 508 g/mol. The summed E-state index contributed by atoms with van der Waals surface area (Å²) in [6.45, 7) is 4.10. The summed E-state index contributed by atoms with van der Waals surface area (Å²) < 4.78 is 44.7. The normalized spacial score (nSPS) is 11.9. The van der Waals surface area contributed by atoms with Gasteiger partial charge in [-0.25, -0.2) is 12.8 Å². The predicted molar refractivity (Wildman–Crippen MR) is 121 cm³/mol. The number of rotatable bonds is 11. The zero-order valence-corrected chi connectivity index (χ0v) is 19.5. The number of anilines is 2. The molecule has 0 saturated heterocycles. The molecule has 1 heterocycles. The van der Waals surface area contributed by atoms with Gasteiger partial charge >= 0.3 is 0 Å². The minimum atomic E-state index is -4.12. The van der Waals surface area contributed by atoms with Gasteiger partial charge in [0.2, 0.25) is 0 Å². The standard InChI is InChI=1S/C15H22ClFN6O2S2.2ClH/c1-10(18)8-19-4-2-3-5-20-13-7-12(17)14(6-11(13)16)27(24,25)22-15-9-21-23-26-15;;/h6-7,9-10,19-20,22H,2-5,8,18H2,1H3;2*1H. The number of sulfonamides is 1. The molecular formula is C15H24Cl3FN6O2S2. The number of unbranched alkanes of at least 4 members (excludes halogenated alkanes) is 1. The van der Waals surface area contributed by atoms with E-state index in [1.807, 2.05) is 6.92 Å². The van der Waals surface area contributed by atoms with Gasteiger partial charge < -0.3 is 16.4 Å². The van der Waals surface area contributed by atoms with Crippen molar-refractivity contribution < 1.29 is 12.8 Å². The fourth-order valence-corrected chi connectivity index (χ4v) is 4.26. The second kappa shape index (κ2) is 13.4. The van der Waals surface area contributed by atoms with Gasteiger partial charge in [-0.3, -0.25) is 4.72 Å². The number of halogens is 4. The molecule has 1 aromatic heterocycles. The Labute approximate surface area is 191 Å². The lowest BCUT2D eigenvalue weighted by atomic mass is 10.2. The van der Waals surface area contributed by atoms with Crippen LogP contribution in [0.4, 0.5) is 15.1 Å². The van der Waals surface area contributed by atoms with Crippen molar-refractivity contribution in [1.29, 1.82) is 0 Å². The van der Waals surface area contributed by atoms with Crippen LogP contribution in [0.1, 0.15) is 19.8 Å². The van der Waals surface area contributed by atoms with E-state index in [0.717, 1.165) is 49.6 Å². The molecule has 1 aromatic carbocycles. The van der Waals surface area contributed by atoms with E-state index in [2.05, 4.69) is 24.9 Å². The third-order valence-corrected chi connectivity index (χ3v) is 5.87. The SMILES string of the molecule is CC(N)CNCCCCNc1cc(F)c(S(=O)(=O)Nc2cnns2)cc1Cl.Cl.Cl. The fraction of sp³-hybridized carbons (Fsp3) is 0.467. The molecule has 0 aliphatic heterocycles. The summed E-state index contributed by atoms with van der Waals surface area (Å²) in [6.07, 6.45) is 2.99. The number of hydrogen-bond donors (Lipinski definition) is 4. The molecule has 0 aliphatic rings. The first-order valence-corrected chi connectivity index (χ1v) is 10.9. The zero-order chi connectivity index (χ0) is 19.9. The van der Waals surface area contributed by atoms with Crippen LogP contribution in [0.2, 0.25) is 5.02 Å². The van der Waals surface area contributed by atoms with Crippen LogP contribution in [0.25, 0.3) is 0 Å². The van der Waals surface area contributed by atoms with Crippen LogP contribution in [0.3, 0.4) is 0 Å². The Kier molecular flexibility index (Phi) is 12.9. The Hall–Kier alpha value is -0.950. The highest BCUT2D eigenvalue weighted by atomic mass is 35.5. The molecule has 1 atom stereocenters. The Balaban J connectivity index is 0.00000392. The van der Waals surface area contributed by atoms with Crippen molar-refractivity contribution in [3.8, 4) is 0 Å². The smallest absolute Gasteiger partial charge is 0.265 e. The van der Waals surface area contributed by atoms with Gasteiger partial charge in [-0.1, -0.05) is 16.1 Å². The predicted octanol–water partition coefficient (Wildman–Crippen LogP) is 3.10. The quantitative estimate of drug-likeness (QED) is 0.343. The van der Waals surface area contributed by atoms with Gasteiger partial charge in [0.25, 0.3) is 10.0 Å². The molecule has 2 rings (SSSR count). The molecule has 0 saturated carbocycles. The summed E-state index contributed by atoms with van der Waals surface area (Å²) in [5.74, 6) is -0.898. The van der Waals surface area contributed by atoms with Crippen molar-refractivity contribution in [2.45, 2.75) is 30.7 Å². The lowest BCUT2D eigenvalue weighted by molar-refractivity contribution is 0.570. The van der Waals surface area contributed by atoms with Crippen LogP contribution in [-0.4, -0.2) is 43.7 Å². The summed E-state index contributed by atoms with van der Waals surface area (Å²) >= 11 is 6.96. The molecule has 166 valence electrons. The van der Waals surface area contributed by atoms with Crippen molar-refractivity contribution >= 4 is 68.7 Å². The zero-order valence-electron chi connectivity index (χ0n) is 15.5. The molecular weight excluding hydrogens is 486 g/mol. The Morgan fingerprint density at radius 2 is 1.97 bits per heavy atom. The van der Waals surface area contributed by atoms with E-state index in [0.29, 0.717) is 12.2 Å². The Bertz CT molecular complexity index is 841. The topological polar surface area (TPSA) is 122 Å². The molecule has 14 heteroatoms. The van der Waals surface area contributed by atoms with E-state index in [1.54, 1.807) is 0 Å². The minimum absolute atomic E-state index is 0. The van der Waals surface area contributed by atoms with Gasteiger partial charge in [-0.2, -0.15) is 0 Å². The van der Waals surface area contributed by atoms with Gasteiger partial charge in [0.15, 0.2) is 0 Å². The average Bonchev–Trinajstić information content (AvgIpc) is 3.08. The first kappa shape index (κ1) is 28.1. The average molecular weight is 510 g/mol. The lowest BCUT2D eigenvalue weighted by Crippen LogP contribution is -2.31. The lowest BCUT2D eigenvalue weighted by Gasteiger charge is -2.12. The first-order chi connectivity index (χ1) is 12.8.